The van der Waals surface area contributed by atoms with Crippen LogP contribution in [0.2, 0.25) is 0 Å². The highest BCUT2D eigenvalue weighted by atomic mass is 19.4. The highest BCUT2D eigenvalue weighted by Crippen LogP contribution is 2.21. The summed E-state index contributed by atoms with van der Waals surface area (Å²) in [5, 5.41) is 8.59. The van der Waals surface area contributed by atoms with Crippen molar-refractivity contribution in [1.29, 1.82) is 5.26 Å². The zero-order valence-electron chi connectivity index (χ0n) is 9.43. The predicted octanol–water partition coefficient (Wildman–Crippen LogP) is 3.56. The third-order valence-electron chi connectivity index (χ3n) is 2.21. The molecule has 0 saturated heterocycles. The number of rotatable bonds is 5. The van der Waals surface area contributed by atoms with E-state index in [0.717, 1.165) is 0 Å². The number of alkyl halides is 3. The fourth-order valence-corrected chi connectivity index (χ4v) is 1.33. The highest BCUT2D eigenvalue weighted by Gasteiger charge is 2.25. The Morgan fingerprint density at radius 2 is 2.00 bits per heavy atom. The van der Waals surface area contributed by atoms with Gasteiger partial charge in [0, 0.05) is 18.6 Å². The molecule has 98 valence electrons. The van der Waals surface area contributed by atoms with E-state index in [9.17, 15) is 17.6 Å². The molecule has 6 heteroatoms. The van der Waals surface area contributed by atoms with E-state index in [1.165, 1.54) is 18.2 Å². The molecule has 0 N–H and O–H groups in total. The second-order valence-corrected chi connectivity index (χ2v) is 3.66. The Labute approximate surface area is 102 Å². The molecule has 0 aliphatic heterocycles. The molecular formula is C12H11F4NO. The van der Waals surface area contributed by atoms with E-state index in [1.54, 1.807) is 6.07 Å². The first kappa shape index (κ1) is 14.5. The number of ether oxygens (including phenoxy) is 1. The predicted molar refractivity (Wildman–Crippen MR) is 56.1 cm³/mol. The largest absolute Gasteiger partial charge is 0.389 e. The molecule has 0 radical (unpaired) electrons. The Morgan fingerprint density at radius 3 is 2.61 bits per heavy atom. The summed E-state index contributed by atoms with van der Waals surface area (Å²) in [6.45, 7) is -0.241. The van der Waals surface area contributed by atoms with Gasteiger partial charge in [-0.1, -0.05) is 12.1 Å². The molecule has 1 rings (SSSR count). The quantitative estimate of drug-likeness (QED) is 0.599. The van der Waals surface area contributed by atoms with Gasteiger partial charge in [-0.25, -0.2) is 4.39 Å². The second kappa shape index (κ2) is 6.36. The molecule has 0 aromatic heterocycles. The molecule has 0 spiro atoms. The van der Waals surface area contributed by atoms with Gasteiger partial charge in [0.1, 0.15) is 11.9 Å². The second-order valence-electron chi connectivity index (χ2n) is 3.66. The number of hydrogen-bond acceptors (Lipinski definition) is 2. The van der Waals surface area contributed by atoms with E-state index in [4.69, 9.17) is 10.00 Å². The molecule has 0 aliphatic rings. The molecule has 0 bridgehead atoms. The molecule has 0 aliphatic carbocycles. The van der Waals surface area contributed by atoms with Gasteiger partial charge in [-0.2, -0.15) is 18.4 Å². The Balaban J connectivity index is 2.39. The summed E-state index contributed by atoms with van der Waals surface area (Å²) in [6.07, 6.45) is -5.29. The minimum absolute atomic E-state index is 0.101. The van der Waals surface area contributed by atoms with E-state index in [2.05, 4.69) is 0 Å². The van der Waals surface area contributed by atoms with Gasteiger partial charge < -0.3 is 4.74 Å². The van der Waals surface area contributed by atoms with Crippen molar-refractivity contribution in [3.8, 4) is 6.07 Å². The Hall–Kier alpha value is -1.61. The third kappa shape index (κ3) is 4.72. The van der Waals surface area contributed by atoms with Crippen LogP contribution in [0.4, 0.5) is 17.6 Å². The zero-order chi connectivity index (χ0) is 13.6. The standard InChI is InChI=1S/C12H11F4NO/c13-11-9(7-17)3-1-4-10(11)8-18-6-2-5-12(14,15)16/h1,3-4H,2,5-6,8H2. The molecule has 0 amide bonds. The first-order valence-corrected chi connectivity index (χ1v) is 5.26. The Kier molecular flexibility index (Phi) is 5.10. The molecule has 0 heterocycles. The van der Waals surface area contributed by atoms with Gasteiger partial charge in [-0.05, 0) is 12.5 Å². The van der Waals surface area contributed by atoms with Gasteiger partial charge in [-0.15, -0.1) is 0 Å². The maximum absolute atomic E-state index is 13.5. The average molecular weight is 261 g/mol. The lowest BCUT2D eigenvalue weighted by Gasteiger charge is -2.08. The molecule has 1 aromatic carbocycles. The lowest BCUT2D eigenvalue weighted by Crippen LogP contribution is -2.09. The summed E-state index contributed by atoms with van der Waals surface area (Å²) in [4.78, 5) is 0. The topological polar surface area (TPSA) is 33.0 Å². The van der Waals surface area contributed by atoms with Crippen LogP contribution in [0.1, 0.15) is 24.0 Å². The summed E-state index contributed by atoms with van der Waals surface area (Å²) >= 11 is 0. The summed E-state index contributed by atoms with van der Waals surface area (Å²) < 4.78 is 53.9. The fraction of sp³-hybridized carbons (Fsp3) is 0.417. The van der Waals surface area contributed by atoms with Crippen LogP contribution in [0.5, 0.6) is 0 Å². The van der Waals surface area contributed by atoms with Crippen LogP contribution >= 0.6 is 0 Å². The van der Waals surface area contributed by atoms with E-state index in [0.29, 0.717) is 0 Å². The van der Waals surface area contributed by atoms with Crippen molar-refractivity contribution in [3.63, 3.8) is 0 Å². The Morgan fingerprint density at radius 1 is 1.28 bits per heavy atom. The summed E-state index contributed by atoms with van der Waals surface area (Å²) in [7, 11) is 0. The minimum atomic E-state index is -4.20. The maximum atomic E-state index is 13.5. The van der Waals surface area contributed by atoms with E-state index >= 15 is 0 Å². The monoisotopic (exact) mass is 261 g/mol. The molecule has 0 saturated carbocycles. The van der Waals surface area contributed by atoms with Gasteiger partial charge in [-0.3, -0.25) is 0 Å². The van der Waals surface area contributed by atoms with Crippen LogP contribution in [0.15, 0.2) is 18.2 Å². The van der Waals surface area contributed by atoms with Gasteiger partial charge in [0.05, 0.1) is 12.2 Å². The molecule has 1 aromatic rings. The molecule has 0 unspecified atom stereocenters. The maximum Gasteiger partial charge on any atom is 0.389 e. The molecule has 18 heavy (non-hydrogen) atoms. The lowest BCUT2D eigenvalue weighted by atomic mass is 10.1. The van der Waals surface area contributed by atoms with Gasteiger partial charge in [0.2, 0.25) is 0 Å². The fourth-order valence-electron chi connectivity index (χ4n) is 1.33. The average Bonchev–Trinajstić information content (AvgIpc) is 2.29. The lowest BCUT2D eigenvalue weighted by molar-refractivity contribution is -0.138. The highest BCUT2D eigenvalue weighted by molar-refractivity contribution is 5.34. The van der Waals surface area contributed by atoms with Gasteiger partial charge in [0.15, 0.2) is 0 Å². The smallest absolute Gasteiger partial charge is 0.377 e. The van der Waals surface area contributed by atoms with Crippen LogP contribution in [0, 0.1) is 17.1 Å². The molecule has 2 nitrogen and oxygen atoms in total. The van der Waals surface area contributed by atoms with Crippen LogP contribution in [0.3, 0.4) is 0 Å². The normalized spacial score (nSPS) is 11.3. The van der Waals surface area contributed by atoms with Crippen LogP contribution in [-0.2, 0) is 11.3 Å². The summed E-state index contributed by atoms with van der Waals surface area (Å²) in [6, 6.07) is 5.93. The van der Waals surface area contributed by atoms with Crippen molar-refractivity contribution in [2.24, 2.45) is 0 Å². The summed E-state index contributed by atoms with van der Waals surface area (Å²) in [5.41, 5.74) is 0.0625. The van der Waals surface area contributed by atoms with Gasteiger partial charge >= 0.3 is 6.18 Å². The SMILES string of the molecule is N#Cc1cccc(COCCCC(F)(F)F)c1F. The molecule has 0 atom stereocenters. The van der Waals surface area contributed by atoms with Crippen LogP contribution < -0.4 is 0 Å². The van der Waals surface area contributed by atoms with Crippen molar-refractivity contribution >= 4 is 0 Å². The van der Waals surface area contributed by atoms with E-state index < -0.39 is 18.4 Å². The van der Waals surface area contributed by atoms with Gasteiger partial charge in [0.25, 0.3) is 0 Å². The number of nitriles is 1. The Bertz CT molecular complexity index is 437. The van der Waals surface area contributed by atoms with Crippen LogP contribution in [-0.4, -0.2) is 12.8 Å². The van der Waals surface area contributed by atoms with Crippen molar-refractivity contribution in [1.82, 2.24) is 0 Å². The summed E-state index contributed by atoms with van der Waals surface area (Å²) in [5.74, 6) is -0.684. The minimum Gasteiger partial charge on any atom is -0.377 e. The number of nitrogens with zero attached hydrogens (tertiary/aromatic N) is 1. The first-order valence-electron chi connectivity index (χ1n) is 5.26. The number of benzene rings is 1. The zero-order valence-corrected chi connectivity index (χ0v) is 9.43. The molecule has 0 fully saturated rings. The first-order chi connectivity index (χ1) is 8.44. The van der Waals surface area contributed by atoms with Crippen molar-refractivity contribution in [2.45, 2.75) is 25.6 Å². The third-order valence-corrected chi connectivity index (χ3v) is 2.21. The van der Waals surface area contributed by atoms with Crippen LogP contribution in [0.25, 0.3) is 0 Å². The van der Waals surface area contributed by atoms with E-state index in [1.807, 2.05) is 0 Å². The molecular weight excluding hydrogens is 250 g/mol. The van der Waals surface area contributed by atoms with E-state index in [-0.39, 0.29) is 30.8 Å². The van der Waals surface area contributed by atoms with Crippen molar-refractivity contribution in [3.05, 3.63) is 35.1 Å². The van der Waals surface area contributed by atoms with Crippen molar-refractivity contribution < 1.29 is 22.3 Å². The number of halogens is 4. The van der Waals surface area contributed by atoms with Crippen molar-refractivity contribution in [2.75, 3.05) is 6.61 Å². The number of hydrogen-bond donors (Lipinski definition) is 0.